The van der Waals surface area contributed by atoms with Gasteiger partial charge in [0, 0.05) is 51.7 Å². The molecule has 2 aliphatic heterocycles. The van der Waals surface area contributed by atoms with E-state index in [9.17, 15) is 4.79 Å². The van der Waals surface area contributed by atoms with Crippen LogP contribution in [0.25, 0.3) is 0 Å². The molecule has 0 aliphatic carbocycles. The smallest absolute Gasteiger partial charge is 0.274 e. The fraction of sp³-hybridized carbons (Fsp3) is 0.571. The summed E-state index contributed by atoms with van der Waals surface area (Å²) in [5.41, 5.74) is 1.76. The van der Waals surface area contributed by atoms with E-state index in [-0.39, 0.29) is 5.91 Å². The minimum atomic E-state index is 0.0291. The van der Waals surface area contributed by atoms with Gasteiger partial charge < -0.3 is 20.0 Å². The lowest BCUT2D eigenvalue weighted by Gasteiger charge is -2.35. The Balaban J connectivity index is 1.32. The monoisotopic (exact) mass is 397 g/mol. The topological polar surface area (TPSA) is 69.5 Å². The number of pyridine rings is 1. The summed E-state index contributed by atoms with van der Waals surface area (Å²) in [5, 5.41) is 7.97. The maximum atomic E-state index is 12.9. The van der Waals surface area contributed by atoms with Crippen molar-refractivity contribution in [2.24, 2.45) is 0 Å². The number of nitrogens with one attached hydrogen (secondary N) is 1. The largest absolute Gasteiger partial charge is 0.353 e. The number of carbonyl (C=O) groups excluding carboxylic acids is 1. The van der Waals surface area contributed by atoms with Crippen LogP contribution < -0.4 is 10.2 Å². The second kappa shape index (κ2) is 8.92. The van der Waals surface area contributed by atoms with E-state index < -0.39 is 0 Å². The van der Waals surface area contributed by atoms with Gasteiger partial charge >= 0.3 is 0 Å². The number of amides is 1. The van der Waals surface area contributed by atoms with Crippen molar-refractivity contribution in [3.63, 3.8) is 0 Å². The summed E-state index contributed by atoms with van der Waals surface area (Å²) >= 11 is 0. The number of hydrogen-bond donors (Lipinski definition) is 1. The highest BCUT2D eigenvalue weighted by molar-refractivity contribution is 5.92. The SMILES string of the molecule is CN(C)Cc1ccc(N2CCN(C(=O)c3ccn(C4CCCNC4)n3)CC2)nc1. The molecule has 0 spiro atoms. The lowest BCUT2D eigenvalue weighted by molar-refractivity contribution is 0.0739. The molecule has 1 unspecified atom stereocenters. The van der Waals surface area contributed by atoms with Crippen LogP contribution in [0.5, 0.6) is 0 Å². The van der Waals surface area contributed by atoms with E-state index in [2.05, 4.69) is 51.4 Å². The molecule has 4 heterocycles. The summed E-state index contributed by atoms with van der Waals surface area (Å²) in [5.74, 6) is 1.01. The zero-order chi connectivity index (χ0) is 20.2. The van der Waals surface area contributed by atoms with Crippen LogP contribution in [0, 0.1) is 0 Å². The van der Waals surface area contributed by atoms with Crippen molar-refractivity contribution in [3.8, 4) is 0 Å². The molecule has 4 rings (SSSR count). The highest BCUT2D eigenvalue weighted by Crippen LogP contribution is 2.18. The van der Waals surface area contributed by atoms with Gasteiger partial charge in [-0.1, -0.05) is 6.07 Å². The number of rotatable bonds is 5. The molecule has 0 saturated carbocycles. The van der Waals surface area contributed by atoms with Crippen LogP contribution in [-0.4, -0.2) is 83.8 Å². The predicted molar refractivity (Wildman–Crippen MR) is 113 cm³/mol. The molecule has 0 aromatic carbocycles. The van der Waals surface area contributed by atoms with Gasteiger partial charge in [-0.15, -0.1) is 0 Å². The first kappa shape index (κ1) is 19.8. The molecular formula is C21H31N7O. The summed E-state index contributed by atoms with van der Waals surface area (Å²) in [6.07, 6.45) is 6.15. The highest BCUT2D eigenvalue weighted by Gasteiger charge is 2.25. The number of hydrogen-bond acceptors (Lipinski definition) is 6. The van der Waals surface area contributed by atoms with Crippen LogP contribution in [0.1, 0.15) is 34.9 Å². The predicted octanol–water partition coefficient (Wildman–Crippen LogP) is 1.23. The van der Waals surface area contributed by atoms with Gasteiger partial charge in [-0.05, 0) is 51.2 Å². The third kappa shape index (κ3) is 4.76. The maximum absolute atomic E-state index is 12.9. The molecule has 0 bridgehead atoms. The van der Waals surface area contributed by atoms with Crippen molar-refractivity contribution in [1.82, 2.24) is 29.9 Å². The van der Waals surface area contributed by atoms with Gasteiger partial charge in [0.1, 0.15) is 11.5 Å². The quantitative estimate of drug-likeness (QED) is 0.818. The molecule has 8 nitrogen and oxygen atoms in total. The fourth-order valence-corrected chi connectivity index (χ4v) is 4.08. The van der Waals surface area contributed by atoms with E-state index in [1.54, 1.807) is 0 Å². The van der Waals surface area contributed by atoms with Crippen molar-refractivity contribution in [2.75, 3.05) is 58.3 Å². The van der Waals surface area contributed by atoms with Crippen molar-refractivity contribution >= 4 is 11.7 Å². The number of nitrogens with zero attached hydrogens (tertiary/aromatic N) is 6. The molecule has 2 aromatic heterocycles. The first-order valence-corrected chi connectivity index (χ1v) is 10.5. The molecule has 2 aromatic rings. The minimum Gasteiger partial charge on any atom is -0.353 e. The van der Waals surface area contributed by atoms with Gasteiger partial charge in [-0.25, -0.2) is 4.98 Å². The second-order valence-corrected chi connectivity index (χ2v) is 8.22. The number of carbonyl (C=O) groups is 1. The Labute approximate surface area is 172 Å². The Hall–Kier alpha value is -2.45. The Bertz CT molecular complexity index is 803. The zero-order valence-corrected chi connectivity index (χ0v) is 17.4. The molecule has 1 atom stereocenters. The zero-order valence-electron chi connectivity index (χ0n) is 17.4. The van der Waals surface area contributed by atoms with Crippen LogP contribution in [0.15, 0.2) is 30.6 Å². The Kier molecular flexibility index (Phi) is 6.10. The minimum absolute atomic E-state index is 0.0291. The van der Waals surface area contributed by atoms with Crippen molar-refractivity contribution < 1.29 is 4.79 Å². The molecule has 1 amide bonds. The molecule has 2 saturated heterocycles. The van der Waals surface area contributed by atoms with Gasteiger partial charge in [0.25, 0.3) is 5.91 Å². The average Bonchev–Trinajstić information content (AvgIpc) is 3.24. The summed E-state index contributed by atoms with van der Waals surface area (Å²) in [4.78, 5) is 23.8. The molecule has 2 aliphatic rings. The maximum Gasteiger partial charge on any atom is 0.274 e. The first-order valence-electron chi connectivity index (χ1n) is 10.5. The first-order chi connectivity index (χ1) is 14.1. The van der Waals surface area contributed by atoms with Gasteiger partial charge in [-0.2, -0.15) is 5.10 Å². The molecule has 0 radical (unpaired) electrons. The number of piperidine rings is 1. The molecule has 156 valence electrons. The molecule has 1 N–H and O–H groups in total. The van der Waals surface area contributed by atoms with Crippen molar-refractivity contribution in [3.05, 3.63) is 41.9 Å². The third-order valence-corrected chi connectivity index (χ3v) is 5.67. The summed E-state index contributed by atoms with van der Waals surface area (Å²) in [6.45, 7) is 5.85. The Morgan fingerprint density at radius 1 is 1.21 bits per heavy atom. The van der Waals surface area contributed by atoms with E-state index in [0.717, 1.165) is 51.4 Å². The summed E-state index contributed by atoms with van der Waals surface area (Å²) in [7, 11) is 4.11. The Morgan fingerprint density at radius 3 is 2.69 bits per heavy atom. The molecular weight excluding hydrogens is 366 g/mol. The van der Waals surface area contributed by atoms with Gasteiger partial charge in [0.05, 0.1) is 6.04 Å². The molecule has 8 heteroatoms. The standard InChI is InChI=1S/C21H31N7O/c1-25(2)16-17-5-6-20(23-14-17)26-10-12-27(13-11-26)21(29)19-7-9-28(24-19)18-4-3-8-22-15-18/h5-7,9,14,18,22H,3-4,8,10-13,15-16H2,1-2H3. The van der Waals surface area contributed by atoms with E-state index >= 15 is 0 Å². The van der Waals surface area contributed by atoms with Gasteiger partial charge in [0.15, 0.2) is 0 Å². The van der Waals surface area contributed by atoms with Crippen LogP contribution >= 0.6 is 0 Å². The van der Waals surface area contributed by atoms with Crippen LogP contribution in [0.3, 0.4) is 0 Å². The lowest BCUT2D eigenvalue weighted by atomic mass is 10.1. The normalized spacial score (nSPS) is 20.3. The third-order valence-electron chi connectivity index (χ3n) is 5.67. The average molecular weight is 398 g/mol. The van der Waals surface area contributed by atoms with E-state index in [0.29, 0.717) is 24.8 Å². The van der Waals surface area contributed by atoms with E-state index in [4.69, 9.17) is 0 Å². The van der Waals surface area contributed by atoms with E-state index in [1.807, 2.05) is 28.0 Å². The van der Waals surface area contributed by atoms with Crippen LogP contribution in [0.2, 0.25) is 0 Å². The number of anilines is 1. The number of piperazine rings is 1. The van der Waals surface area contributed by atoms with Crippen LogP contribution in [0.4, 0.5) is 5.82 Å². The van der Waals surface area contributed by atoms with Crippen molar-refractivity contribution in [1.29, 1.82) is 0 Å². The van der Waals surface area contributed by atoms with Crippen molar-refractivity contribution in [2.45, 2.75) is 25.4 Å². The lowest BCUT2D eigenvalue weighted by Crippen LogP contribution is -2.49. The summed E-state index contributed by atoms with van der Waals surface area (Å²) < 4.78 is 1.95. The highest BCUT2D eigenvalue weighted by atomic mass is 16.2. The second-order valence-electron chi connectivity index (χ2n) is 8.22. The Morgan fingerprint density at radius 2 is 2.03 bits per heavy atom. The van der Waals surface area contributed by atoms with Gasteiger partial charge in [-0.3, -0.25) is 9.48 Å². The number of aromatic nitrogens is 3. The van der Waals surface area contributed by atoms with Crippen LogP contribution in [-0.2, 0) is 6.54 Å². The fourth-order valence-electron chi connectivity index (χ4n) is 4.08. The van der Waals surface area contributed by atoms with Gasteiger partial charge in [0.2, 0.25) is 0 Å². The van der Waals surface area contributed by atoms with E-state index in [1.165, 1.54) is 5.56 Å². The summed E-state index contributed by atoms with van der Waals surface area (Å²) in [6, 6.07) is 6.42. The molecule has 29 heavy (non-hydrogen) atoms. The molecule has 2 fully saturated rings.